The molecule has 94 valence electrons. The number of amides is 1. The van der Waals surface area contributed by atoms with Gasteiger partial charge in [-0.05, 0) is 19.3 Å². The Kier molecular flexibility index (Phi) is 3.63. The molecule has 6 heteroatoms. The van der Waals surface area contributed by atoms with Crippen molar-refractivity contribution in [3.63, 3.8) is 0 Å². The lowest BCUT2D eigenvalue weighted by molar-refractivity contribution is 0.115. The van der Waals surface area contributed by atoms with E-state index in [0.29, 0.717) is 0 Å². The number of aliphatic hydroxyl groups is 1. The lowest BCUT2D eigenvalue weighted by Gasteiger charge is -2.23. The van der Waals surface area contributed by atoms with Crippen LogP contribution >= 0.6 is 0 Å². The van der Waals surface area contributed by atoms with E-state index in [1.165, 1.54) is 5.69 Å². The number of carbonyl (C=O) groups excluding carboxylic acids is 1. The number of ether oxygens (including phenoxy) is 1. The fourth-order valence-electron chi connectivity index (χ4n) is 2.18. The Morgan fingerprint density at radius 3 is 3.35 bits per heavy atom. The van der Waals surface area contributed by atoms with Crippen LogP contribution in [0.1, 0.15) is 30.1 Å². The van der Waals surface area contributed by atoms with Gasteiger partial charge in [-0.15, -0.1) is 0 Å². The smallest absolute Gasteiger partial charge is 0.407 e. The van der Waals surface area contributed by atoms with Crippen molar-refractivity contribution in [3.8, 4) is 0 Å². The van der Waals surface area contributed by atoms with Crippen molar-refractivity contribution in [2.24, 2.45) is 7.05 Å². The molecule has 0 bridgehead atoms. The minimum absolute atomic E-state index is 0.0262. The molecule has 1 aliphatic rings. The number of fused-ring (bicyclic) bond motifs is 1. The van der Waals surface area contributed by atoms with E-state index in [-0.39, 0.29) is 19.3 Å². The average molecular weight is 239 g/mol. The third-order valence-corrected chi connectivity index (χ3v) is 2.99. The van der Waals surface area contributed by atoms with Gasteiger partial charge in [0, 0.05) is 18.3 Å². The van der Waals surface area contributed by atoms with Gasteiger partial charge in [0.05, 0.1) is 18.8 Å². The van der Waals surface area contributed by atoms with Crippen LogP contribution in [0.5, 0.6) is 0 Å². The SMILES string of the molecule is Cn1ncc2c1CCCC2NC(=O)OCCO. The van der Waals surface area contributed by atoms with Crippen molar-refractivity contribution < 1.29 is 14.6 Å². The van der Waals surface area contributed by atoms with Crippen LogP contribution in [-0.4, -0.2) is 34.2 Å². The molecule has 2 rings (SSSR count). The molecular weight excluding hydrogens is 222 g/mol. The van der Waals surface area contributed by atoms with Crippen LogP contribution in [-0.2, 0) is 18.2 Å². The topological polar surface area (TPSA) is 76.4 Å². The van der Waals surface area contributed by atoms with Crippen LogP contribution < -0.4 is 5.32 Å². The van der Waals surface area contributed by atoms with Crippen LogP contribution in [0.3, 0.4) is 0 Å². The van der Waals surface area contributed by atoms with Gasteiger partial charge in [-0.1, -0.05) is 0 Å². The van der Waals surface area contributed by atoms with Crippen LogP contribution in [0.2, 0.25) is 0 Å². The van der Waals surface area contributed by atoms with Crippen LogP contribution in [0.25, 0.3) is 0 Å². The molecule has 17 heavy (non-hydrogen) atoms. The Morgan fingerprint density at radius 1 is 1.76 bits per heavy atom. The molecule has 0 saturated carbocycles. The van der Waals surface area contributed by atoms with Crippen molar-refractivity contribution in [2.45, 2.75) is 25.3 Å². The van der Waals surface area contributed by atoms with Gasteiger partial charge in [0.2, 0.25) is 0 Å². The average Bonchev–Trinajstić information content (AvgIpc) is 2.70. The van der Waals surface area contributed by atoms with Crippen molar-refractivity contribution in [3.05, 3.63) is 17.5 Å². The van der Waals surface area contributed by atoms with Crippen molar-refractivity contribution >= 4 is 6.09 Å². The molecule has 0 spiro atoms. The van der Waals surface area contributed by atoms with E-state index in [2.05, 4.69) is 10.4 Å². The second-order valence-electron chi connectivity index (χ2n) is 4.12. The van der Waals surface area contributed by atoms with Crippen molar-refractivity contribution in [2.75, 3.05) is 13.2 Å². The summed E-state index contributed by atoms with van der Waals surface area (Å²) in [5.74, 6) is 0. The van der Waals surface area contributed by atoms with E-state index >= 15 is 0 Å². The number of carbonyl (C=O) groups is 1. The summed E-state index contributed by atoms with van der Waals surface area (Å²) in [6, 6.07) is -0.0290. The maximum atomic E-state index is 11.4. The zero-order chi connectivity index (χ0) is 12.3. The predicted molar refractivity (Wildman–Crippen MR) is 60.5 cm³/mol. The summed E-state index contributed by atoms with van der Waals surface area (Å²) < 4.78 is 6.64. The number of nitrogens with zero attached hydrogens (tertiary/aromatic N) is 2. The lowest BCUT2D eigenvalue weighted by atomic mass is 9.93. The summed E-state index contributed by atoms with van der Waals surface area (Å²) in [6.07, 6.45) is 4.23. The molecule has 1 unspecified atom stereocenters. The highest BCUT2D eigenvalue weighted by molar-refractivity contribution is 5.68. The molecule has 1 aromatic heterocycles. The number of aromatic nitrogens is 2. The molecule has 1 aliphatic carbocycles. The number of nitrogens with one attached hydrogen (secondary N) is 1. The highest BCUT2D eigenvalue weighted by Gasteiger charge is 2.24. The summed E-state index contributed by atoms with van der Waals surface area (Å²) in [5, 5.41) is 15.6. The molecule has 1 atom stereocenters. The maximum Gasteiger partial charge on any atom is 0.407 e. The third kappa shape index (κ3) is 2.58. The second-order valence-corrected chi connectivity index (χ2v) is 4.12. The summed E-state index contributed by atoms with van der Waals surface area (Å²) >= 11 is 0. The van der Waals surface area contributed by atoms with Gasteiger partial charge in [0.15, 0.2) is 0 Å². The van der Waals surface area contributed by atoms with Gasteiger partial charge in [-0.25, -0.2) is 4.79 Å². The zero-order valence-corrected chi connectivity index (χ0v) is 9.85. The first-order chi connectivity index (χ1) is 8.22. The highest BCUT2D eigenvalue weighted by atomic mass is 16.6. The molecule has 0 aromatic carbocycles. The fourth-order valence-corrected chi connectivity index (χ4v) is 2.18. The first-order valence-corrected chi connectivity index (χ1v) is 5.77. The molecule has 6 nitrogen and oxygen atoms in total. The van der Waals surface area contributed by atoms with Gasteiger partial charge in [0.1, 0.15) is 6.61 Å². The third-order valence-electron chi connectivity index (χ3n) is 2.99. The molecule has 0 aliphatic heterocycles. The standard InChI is InChI=1S/C11H17N3O3/c1-14-10-4-2-3-9(8(10)7-12-14)13-11(16)17-6-5-15/h7,9,15H,2-6H2,1H3,(H,13,16). The van der Waals surface area contributed by atoms with Crippen LogP contribution in [0.4, 0.5) is 4.79 Å². The first-order valence-electron chi connectivity index (χ1n) is 5.77. The van der Waals surface area contributed by atoms with Gasteiger partial charge < -0.3 is 15.2 Å². The van der Waals surface area contributed by atoms with E-state index in [9.17, 15) is 4.79 Å². The van der Waals surface area contributed by atoms with Crippen LogP contribution in [0, 0.1) is 0 Å². The van der Waals surface area contributed by atoms with E-state index in [0.717, 1.165) is 24.8 Å². The van der Waals surface area contributed by atoms with Gasteiger partial charge >= 0.3 is 6.09 Å². The first kappa shape index (κ1) is 11.9. The highest BCUT2D eigenvalue weighted by Crippen LogP contribution is 2.28. The van der Waals surface area contributed by atoms with E-state index < -0.39 is 6.09 Å². The van der Waals surface area contributed by atoms with Crippen molar-refractivity contribution in [1.82, 2.24) is 15.1 Å². The van der Waals surface area contributed by atoms with E-state index in [1.54, 1.807) is 6.20 Å². The quantitative estimate of drug-likeness (QED) is 0.806. The Morgan fingerprint density at radius 2 is 2.59 bits per heavy atom. The molecule has 1 amide bonds. The van der Waals surface area contributed by atoms with Crippen LogP contribution in [0.15, 0.2) is 6.20 Å². The number of alkyl carbamates (subject to hydrolysis) is 1. The lowest BCUT2D eigenvalue weighted by Crippen LogP contribution is -2.32. The summed E-state index contributed by atoms with van der Waals surface area (Å²) in [6.45, 7) is -0.130. The Bertz CT molecular complexity index is 403. The van der Waals surface area contributed by atoms with Gasteiger partial charge in [0.25, 0.3) is 0 Å². The minimum atomic E-state index is -0.485. The molecule has 1 heterocycles. The second kappa shape index (κ2) is 5.18. The summed E-state index contributed by atoms with van der Waals surface area (Å²) in [5.41, 5.74) is 2.24. The number of aryl methyl sites for hydroxylation is 1. The molecule has 2 N–H and O–H groups in total. The summed E-state index contributed by atoms with van der Waals surface area (Å²) in [4.78, 5) is 11.4. The molecular formula is C11H17N3O3. The predicted octanol–water partition coefficient (Wildman–Crippen LogP) is 0.516. The Hall–Kier alpha value is -1.56. The Labute approximate surface area is 99.6 Å². The normalized spacial score (nSPS) is 18.6. The minimum Gasteiger partial charge on any atom is -0.447 e. The molecule has 0 fully saturated rings. The molecule has 0 saturated heterocycles. The fraction of sp³-hybridized carbons (Fsp3) is 0.636. The van der Waals surface area contributed by atoms with E-state index in [4.69, 9.17) is 9.84 Å². The maximum absolute atomic E-state index is 11.4. The van der Waals surface area contributed by atoms with Gasteiger partial charge in [-0.3, -0.25) is 4.68 Å². The number of rotatable bonds is 3. The monoisotopic (exact) mass is 239 g/mol. The molecule has 1 aromatic rings. The number of hydrogen-bond acceptors (Lipinski definition) is 4. The number of aliphatic hydroxyl groups excluding tert-OH is 1. The largest absolute Gasteiger partial charge is 0.447 e. The Balaban J connectivity index is 2.01. The number of hydrogen-bond donors (Lipinski definition) is 2. The van der Waals surface area contributed by atoms with E-state index in [1.807, 2.05) is 11.7 Å². The zero-order valence-electron chi connectivity index (χ0n) is 9.85. The molecule has 0 radical (unpaired) electrons. The van der Waals surface area contributed by atoms with Crippen molar-refractivity contribution in [1.29, 1.82) is 0 Å². The van der Waals surface area contributed by atoms with Gasteiger partial charge in [-0.2, -0.15) is 5.10 Å². The summed E-state index contributed by atoms with van der Waals surface area (Å²) in [7, 11) is 1.91.